The minimum atomic E-state index is -5.27. The normalized spacial score (nSPS) is 16.9. The standard InChI is InChI=1S/C48H61N7O13S2/c1-24(2)33(22-37(57)42(25(3)4)54-47(62)35-16-11-18-55(35)48(63)28(7)52-45(60)26(5)20-36(56)27(6)49)46(61)51-17-19-69(64,65)30-13-10-12-29(21-30)53-34-23-38(70(66,67)68)41(50)40-39(34)43(58)31-14-8-9-15-32(31)44(40)59/h8-10,12-15,21,23-28,33,35,42,53H,11,16-20,22,49-50H2,1-7H3,(H,51,61)(H,52,60)(H,54,62)(H,66,67,68)/p-1. The number of ketones is 4. The molecule has 0 saturated carbocycles. The smallest absolute Gasteiger partial charge is 0.245 e. The van der Waals surface area contributed by atoms with Gasteiger partial charge in [-0.15, -0.1) is 0 Å². The van der Waals surface area contributed by atoms with Gasteiger partial charge in [-0.25, -0.2) is 16.8 Å². The van der Waals surface area contributed by atoms with Crippen LogP contribution in [0.5, 0.6) is 0 Å². The van der Waals surface area contributed by atoms with Gasteiger partial charge in [-0.1, -0.05) is 65.0 Å². The van der Waals surface area contributed by atoms with Crippen LogP contribution in [0.25, 0.3) is 0 Å². The molecular weight excluding hydrogens is 947 g/mol. The fourth-order valence-corrected chi connectivity index (χ4v) is 10.3. The molecule has 8 N–H and O–H groups in total. The van der Waals surface area contributed by atoms with E-state index in [4.69, 9.17) is 11.5 Å². The van der Waals surface area contributed by atoms with Crippen molar-refractivity contribution in [1.82, 2.24) is 20.9 Å². The van der Waals surface area contributed by atoms with Gasteiger partial charge in [0.25, 0.3) is 0 Å². The van der Waals surface area contributed by atoms with Crippen LogP contribution in [0.2, 0.25) is 0 Å². The number of hydrogen-bond donors (Lipinski definition) is 6. The Hall–Kier alpha value is -6.36. The third-order valence-corrected chi connectivity index (χ3v) is 15.1. The highest BCUT2D eigenvalue weighted by atomic mass is 32.2. The van der Waals surface area contributed by atoms with E-state index >= 15 is 0 Å². The van der Waals surface area contributed by atoms with Crippen LogP contribution in [-0.4, -0.2) is 116 Å². The highest BCUT2D eigenvalue weighted by molar-refractivity contribution is 7.91. The Morgan fingerprint density at radius 3 is 2.00 bits per heavy atom. The summed E-state index contributed by atoms with van der Waals surface area (Å²) in [5.41, 5.74) is 9.85. The summed E-state index contributed by atoms with van der Waals surface area (Å²) in [6.45, 7) is 11.3. The molecule has 1 aliphatic heterocycles. The Morgan fingerprint density at radius 1 is 0.786 bits per heavy atom. The first-order valence-corrected chi connectivity index (χ1v) is 25.9. The van der Waals surface area contributed by atoms with Gasteiger partial charge in [0.2, 0.25) is 23.6 Å². The van der Waals surface area contributed by atoms with Gasteiger partial charge in [-0.3, -0.25) is 38.4 Å². The SMILES string of the molecule is CC(N)C(=O)CC(C)C(=O)NC(C)C(=O)N1CCCC1C(=O)NC(C(=O)CC(C(=O)NCCS(=O)(=O)c1cccc(Nc2cc(S(=O)(=O)[O-])c(N)c3c2C(=O)c2ccccc2C3=O)c1)C(C)C)C(C)C. The van der Waals surface area contributed by atoms with E-state index in [1.54, 1.807) is 34.6 Å². The number of likely N-dealkylation sites (tertiary alicyclic amines) is 1. The number of fused-ring (bicyclic) bond motifs is 2. The van der Waals surface area contributed by atoms with E-state index in [0.717, 1.165) is 6.07 Å². The third-order valence-electron chi connectivity index (χ3n) is 12.5. The van der Waals surface area contributed by atoms with Crippen LogP contribution in [0, 0.1) is 23.7 Å². The number of carbonyl (C=O) groups is 8. The lowest BCUT2D eigenvalue weighted by molar-refractivity contribution is -0.142. The summed E-state index contributed by atoms with van der Waals surface area (Å²) in [7, 11) is -9.43. The van der Waals surface area contributed by atoms with Gasteiger partial charge < -0.3 is 42.2 Å². The van der Waals surface area contributed by atoms with Gasteiger partial charge >= 0.3 is 0 Å². The molecule has 4 amide bonds. The molecule has 0 bridgehead atoms. The second kappa shape index (κ2) is 22.2. The zero-order valence-electron chi connectivity index (χ0n) is 40.0. The summed E-state index contributed by atoms with van der Waals surface area (Å²) >= 11 is 0. The van der Waals surface area contributed by atoms with Crippen molar-refractivity contribution in [3.63, 3.8) is 0 Å². The summed E-state index contributed by atoms with van der Waals surface area (Å²) in [4.78, 5) is 107. The predicted molar refractivity (Wildman–Crippen MR) is 256 cm³/mol. The van der Waals surface area contributed by atoms with Crippen molar-refractivity contribution in [3.05, 3.63) is 76.9 Å². The molecule has 70 heavy (non-hydrogen) atoms. The first kappa shape index (κ1) is 54.6. The van der Waals surface area contributed by atoms with Gasteiger partial charge in [-0.05, 0) is 62.8 Å². The number of nitrogens with zero attached hydrogens (tertiary/aromatic N) is 1. The highest BCUT2D eigenvalue weighted by Crippen LogP contribution is 2.40. The van der Waals surface area contributed by atoms with Crippen LogP contribution < -0.4 is 32.7 Å². The van der Waals surface area contributed by atoms with Crippen molar-refractivity contribution < 1.29 is 59.7 Å². The number of sulfone groups is 1. The molecule has 22 heteroatoms. The van der Waals surface area contributed by atoms with E-state index in [1.807, 2.05) is 0 Å². The first-order chi connectivity index (χ1) is 32.7. The molecular formula is C48H60N7O13S2-. The van der Waals surface area contributed by atoms with Gasteiger partial charge in [-0.2, -0.15) is 0 Å². The van der Waals surface area contributed by atoms with E-state index in [0.29, 0.717) is 12.8 Å². The van der Waals surface area contributed by atoms with Crippen LogP contribution in [-0.2, 0) is 48.7 Å². The summed E-state index contributed by atoms with van der Waals surface area (Å²) in [5.74, 6) is -7.58. The minimum absolute atomic E-state index is 0.00646. The number of nitrogens with two attached hydrogens (primary N) is 2. The average Bonchev–Trinajstić information content (AvgIpc) is 3.79. The van der Waals surface area contributed by atoms with Crippen LogP contribution in [0.3, 0.4) is 0 Å². The summed E-state index contributed by atoms with van der Waals surface area (Å²) < 4.78 is 64.1. The Labute approximate surface area is 407 Å². The van der Waals surface area contributed by atoms with Crippen molar-refractivity contribution in [2.24, 2.45) is 29.4 Å². The van der Waals surface area contributed by atoms with E-state index in [2.05, 4.69) is 21.3 Å². The fourth-order valence-electron chi connectivity index (χ4n) is 8.47. The lowest BCUT2D eigenvalue weighted by atomic mass is 9.82. The lowest BCUT2D eigenvalue weighted by Gasteiger charge is -2.30. The zero-order chi connectivity index (χ0) is 52.2. The van der Waals surface area contributed by atoms with E-state index in [9.17, 15) is 59.7 Å². The minimum Gasteiger partial charge on any atom is -0.744 e. The van der Waals surface area contributed by atoms with Crippen molar-refractivity contribution >= 4 is 83.8 Å². The van der Waals surface area contributed by atoms with Gasteiger partial charge in [0.05, 0.1) is 50.1 Å². The third kappa shape index (κ3) is 12.3. The van der Waals surface area contributed by atoms with Gasteiger partial charge in [0.1, 0.15) is 28.0 Å². The maximum atomic E-state index is 13.9. The Balaban J connectivity index is 1.23. The van der Waals surface area contributed by atoms with Crippen LogP contribution in [0.4, 0.5) is 17.1 Å². The second-order valence-electron chi connectivity index (χ2n) is 18.5. The molecule has 0 aromatic heterocycles. The summed E-state index contributed by atoms with van der Waals surface area (Å²) in [6, 6.07) is 8.06. The van der Waals surface area contributed by atoms with E-state index in [-0.39, 0.29) is 64.7 Å². The van der Waals surface area contributed by atoms with Gasteiger partial charge in [0, 0.05) is 54.6 Å². The highest BCUT2D eigenvalue weighted by Gasteiger charge is 2.40. The average molecular weight is 1010 g/mol. The predicted octanol–water partition coefficient (Wildman–Crippen LogP) is 2.39. The van der Waals surface area contributed by atoms with Crippen molar-refractivity contribution in [1.29, 1.82) is 0 Å². The molecule has 1 aliphatic carbocycles. The number of Topliss-reactive ketones (excluding diaryl/α,β-unsaturated/α-hetero) is 2. The molecule has 1 saturated heterocycles. The van der Waals surface area contributed by atoms with E-state index < -0.39 is 131 Å². The van der Waals surface area contributed by atoms with Crippen molar-refractivity contribution in [2.75, 3.05) is 29.9 Å². The Bertz CT molecular complexity index is 2830. The summed E-state index contributed by atoms with van der Waals surface area (Å²) in [6.07, 6.45) is 0.381. The Morgan fingerprint density at radius 2 is 1.41 bits per heavy atom. The topological polar surface area (TPSA) is 331 Å². The lowest BCUT2D eigenvalue weighted by Crippen LogP contribution is -2.56. The van der Waals surface area contributed by atoms with Crippen LogP contribution in [0.1, 0.15) is 106 Å². The molecule has 1 heterocycles. The molecule has 6 unspecified atom stereocenters. The largest absolute Gasteiger partial charge is 0.744 e. The molecule has 0 radical (unpaired) electrons. The molecule has 20 nitrogen and oxygen atoms in total. The maximum absolute atomic E-state index is 13.9. The van der Waals surface area contributed by atoms with Crippen LogP contribution in [0.15, 0.2) is 64.4 Å². The number of nitrogens with one attached hydrogen (secondary N) is 4. The molecule has 1 fully saturated rings. The fraction of sp³-hybridized carbons (Fsp3) is 0.458. The molecule has 6 atom stereocenters. The van der Waals surface area contributed by atoms with Crippen molar-refractivity contribution in [3.8, 4) is 0 Å². The van der Waals surface area contributed by atoms with Crippen molar-refractivity contribution in [2.45, 2.75) is 108 Å². The van der Waals surface area contributed by atoms with Gasteiger partial charge in [0.15, 0.2) is 27.2 Å². The number of nitrogen functional groups attached to an aromatic ring is 1. The monoisotopic (exact) mass is 1010 g/mol. The molecule has 3 aromatic carbocycles. The number of anilines is 3. The number of carbonyl (C=O) groups excluding carboxylic acids is 8. The Kier molecular flexibility index (Phi) is 17.3. The number of rotatable bonds is 21. The summed E-state index contributed by atoms with van der Waals surface area (Å²) in [5, 5.41) is 10.8. The quantitative estimate of drug-likeness (QED) is 0.0516. The van der Waals surface area contributed by atoms with E-state index in [1.165, 1.54) is 67.3 Å². The number of amides is 4. The number of hydrogen-bond acceptors (Lipinski definition) is 16. The number of benzene rings is 3. The first-order valence-electron chi connectivity index (χ1n) is 22.9. The molecule has 0 spiro atoms. The maximum Gasteiger partial charge on any atom is 0.245 e. The molecule has 378 valence electrons. The second-order valence-corrected chi connectivity index (χ2v) is 22.0. The molecule has 5 rings (SSSR count). The molecule has 2 aliphatic rings. The molecule has 3 aromatic rings. The van der Waals surface area contributed by atoms with Crippen LogP contribution >= 0.6 is 0 Å². The zero-order valence-corrected chi connectivity index (χ0v) is 41.6.